The van der Waals surface area contributed by atoms with Gasteiger partial charge in [-0.15, -0.1) is 0 Å². The number of phenols is 1. The number of fused-ring (bicyclic) bond motifs is 1. The molecule has 0 saturated carbocycles. The quantitative estimate of drug-likeness (QED) is 0.540. The number of piperazine rings is 1. The first-order valence-corrected chi connectivity index (χ1v) is 11.0. The molecule has 3 aromatic rings. The summed E-state index contributed by atoms with van der Waals surface area (Å²) >= 11 is 0. The second-order valence-electron chi connectivity index (χ2n) is 8.48. The van der Waals surface area contributed by atoms with Crippen LogP contribution in [0.3, 0.4) is 0 Å². The summed E-state index contributed by atoms with van der Waals surface area (Å²) < 4.78 is 52.5. The van der Waals surface area contributed by atoms with Gasteiger partial charge in [0.05, 0.1) is 17.5 Å². The number of ether oxygens (including phenoxy) is 1. The number of hydrogen-bond acceptors (Lipinski definition) is 4. The third kappa shape index (κ3) is 4.84. The van der Waals surface area contributed by atoms with E-state index in [1.807, 2.05) is 0 Å². The van der Waals surface area contributed by atoms with Gasteiger partial charge in [-0.1, -0.05) is 12.1 Å². The number of alkyl halides is 3. The number of hydrogen-bond donors (Lipinski definition) is 3. The molecule has 33 heavy (non-hydrogen) atoms. The predicted octanol–water partition coefficient (Wildman–Crippen LogP) is 1.92. The van der Waals surface area contributed by atoms with Crippen LogP contribution in [0.1, 0.15) is 23.8 Å². The first kappa shape index (κ1) is 23.1. The Morgan fingerprint density at radius 1 is 1.09 bits per heavy atom. The van der Waals surface area contributed by atoms with E-state index in [0.29, 0.717) is 0 Å². The lowest BCUT2D eigenvalue weighted by atomic mass is 10.1. The van der Waals surface area contributed by atoms with Crippen molar-refractivity contribution in [3.63, 3.8) is 0 Å². The van der Waals surface area contributed by atoms with Gasteiger partial charge in [0.15, 0.2) is 5.58 Å². The van der Waals surface area contributed by atoms with Crippen molar-refractivity contribution < 1.29 is 37.2 Å². The lowest BCUT2D eigenvalue weighted by molar-refractivity contribution is -1.02. The molecule has 0 aliphatic carbocycles. The zero-order valence-corrected chi connectivity index (χ0v) is 18.5. The number of aryl methyl sites for hydroxylation is 1. The fourth-order valence-electron chi connectivity index (χ4n) is 4.27. The van der Waals surface area contributed by atoms with E-state index in [-0.39, 0.29) is 34.6 Å². The highest BCUT2D eigenvalue weighted by Gasteiger charge is 2.41. The molecule has 0 unspecified atom stereocenters. The highest BCUT2D eigenvalue weighted by atomic mass is 19.4. The molecule has 4 rings (SSSR count). The van der Waals surface area contributed by atoms with Gasteiger partial charge in [-0.2, -0.15) is 13.2 Å². The highest BCUT2D eigenvalue weighted by molar-refractivity contribution is 5.83. The van der Waals surface area contributed by atoms with Crippen LogP contribution in [-0.2, 0) is 12.7 Å². The Bertz CT molecular complexity index is 1210. The van der Waals surface area contributed by atoms with Crippen LogP contribution in [-0.4, -0.2) is 37.8 Å². The van der Waals surface area contributed by atoms with Crippen LogP contribution in [0.5, 0.6) is 17.2 Å². The fourth-order valence-corrected chi connectivity index (χ4v) is 4.27. The number of nitrogens with one attached hydrogen (secondary N) is 2. The molecular formula is C24H27F3N2O4+2. The summed E-state index contributed by atoms with van der Waals surface area (Å²) in [5, 5.41) is 10.4. The Morgan fingerprint density at radius 3 is 2.42 bits per heavy atom. The van der Waals surface area contributed by atoms with Gasteiger partial charge in [0, 0.05) is 0 Å². The Hall–Kier alpha value is -3.04. The maximum absolute atomic E-state index is 13.9. The molecule has 0 bridgehead atoms. The molecule has 176 valence electrons. The Labute approximate surface area is 188 Å². The van der Waals surface area contributed by atoms with E-state index < -0.39 is 23.1 Å². The van der Waals surface area contributed by atoms with E-state index >= 15 is 0 Å². The highest BCUT2D eigenvalue weighted by Crippen LogP contribution is 2.39. The maximum Gasteiger partial charge on any atom is 0.453 e. The zero-order chi connectivity index (χ0) is 23.8. The number of aromatic hydroxyl groups is 1. The Kier molecular flexibility index (Phi) is 6.36. The van der Waals surface area contributed by atoms with Crippen LogP contribution >= 0.6 is 0 Å². The molecule has 1 aliphatic rings. The minimum Gasteiger partial charge on any atom is -0.507 e. The minimum atomic E-state index is -4.96. The molecule has 0 amide bonds. The van der Waals surface area contributed by atoms with Gasteiger partial charge in [-0.3, -0.25) is 4.79 Å². The number of halogens is 3. The monoisotopic (exact) mass is 464 g/mol. The number of quaternary nitrogens is 2. The molecule has 2 aromatic carbocycles. The van der Waals surface area contributed by atoms with Crippen molar-refractivity contribution in [3.05, 3.63) is 63.5 Å². The first-order chi connectivity index (χ1) is 15.7. The number of likely N-dealkylation sites (N-methyl/N-ethyl adjacent to an activating group) is 1. The van der Waals surface area contributed by atoms with Gasteiger partial charge in [-0.25, -0.2) is 0 Å². The van der Waals surface area contributed by atoms with Crippen LogP contribution in [0.2, 0.25) is 0 Å². The number of phenolic OH excluding ortho intramolecular Hbond substituents is 1. The van der Waals surface area contributed by atoms with E-state index in [1.54, 1.807) is 19.1 Å². The molecular weight excluding hydrogens is 437 g/mol. The fraction of sp³-hybridized carbons (Fsp3) is 0.375. The van der Waals surface area contributed by atoms with Gasteiger partial charge < -0.3 is 24.1 Å². The van der Waals surface area contributed by atoms with Crippen molar-refractivity contribution in [2.24, 2.45) is 0 Å². The topological polar surface area (TPSA) is 68.5 Å². The van der Waals surface area contributed by atoms with E-state index in [2.05, 4.69) is 6.92 Å². The SMILES string of the molecule is CC[NH+]1CC[NH+](Cc2c(O)ccc3c(=O)c(Oc4cccc(C)c4)c(C(F)(F)F)oc23)CC1. The van der Waals surface area contributed by atoms with E-state index in [1.165, 1.54) is 29.2 Å². The second kappa shape index (κ2) is 9.07. The summed E-state index contributed by atoms with van der Waals surface area (Å²) in [6.45, 7) is 8.64. The van der Waals surface area contributed by atoms with Gasteiger partial charge in [0.1, 0.15) is 44.2 Å². The first-order valence-electron chi connectivity index (χ1n) is 11.0. The standard InChI is InChI=1S/C24H25F3N2O4/c1-3-28-9-11-29(12-10-28)14-18-19(30)8-7-17-20(31)22(23(24(25,26)27)33-21(17)18)32-16-6-4-5-15(2)13-16/h4-8,13,30H,3,9-12,14H2,1-2H3/p+2. The maximum atomic E-state index is 13.9. The lowest BCUT2D eigenvalue weighted by Gasteiger charge is -2.29. The van der Waals surface area contributed by atoms with Crippen LogP contribution in [0.4, 0.5) is 13.2 Å². The second-order valence-corrected chi connectivity index (χ2v) is 8.48. The third-order valence-corrected chi connectivity index (χ3v) is 6.15. The van der Waals surface area contributed by atoms with Crippen molar-refractivity contribution >= 4 is 11.0 Å². The van der Waals surface area contributed by atoms with Crippen LogP contribution < -0.4 is 20.0 Å². The number of benzene rings is 2. The molecule has 0 spiro atoms. The zero-order valence-electron chi connectivity index (χ0n) is 18.5. The lowest BCUT2D eigenvalue weighted by Crippen LogP contribution is -3.27. The molecule has 1 saturated heterocycles. The molecule has 9 heteroatoms. The van der Waals surface area contributed by atoms with Crippen LogP contribution in [0.15, 0.2) is 45.6 Å². The van der Waals surface area contributed by atoms with Crippen LogP contribution in [0.25, 0.3) is 11.0 Å². The molecule has 0 radical (unpaired) electrons. The molecule has 1 aromatic heterocycles. The summed E-state index contributed by atoms with van der Waals surface area (Å²) in [6.07, 6.45) is -4.96. The molecule has 2 heterocycles. The summed E-state index contributed by atoms with van der Waals surface area (Å²) in [6, 6.07) is 9.00. The van der Waals surface area contributed by atoms with E-state index in [4.69, 9.17) is 9.15 Å². The Morgan fingerprint density at radius 2 is 1.79 bits per heavy atom. The van der Waals surface area contributed by atoms with Crippen molar-refractivity contribution in [1.82, 2.24) is 0 Å². The molecule has 6 nitrogen and oxygen atoms in total. The average molecular weight is 464 g/mol. The molecule has 0 atom stereocenters. The van der Waals surface area contributed by atoms with E-state index in [0.717, 1.165) is 43.2 Å². The predicted molar refractivity (Wildman–Crippen MR) is 116 cm³/mol. The van der Waals surface area contributed by atoms with Gasteiger partial charge in [-0.05, 0) is 43.7 Å². The van der Waals surface area contributed by atoms with Crippen molar-refractivity contribution in [2.45, 2.75) is 26.6 Å². The summed E-state index contributed by atoms with van der Waals surface area (Å²) in [5.41, 5.74) is -0.207. The average Bonchev–Trinajstić information content (AvgIpc) is 2.77. The molecule has 1 aliphatic heterocycles. The molecule has 3 N–H and O–H groups in total. The van der Waals surface area contributed by atoms with Crippen LogP contribution in [0, 0.1) is 6.92 Å². The summed E-state index contributed by atoms with van der Waals surface area (Å²) in [5.74, 6) is -2.51. The van der Waals surface area contributed by atoms with Gasteiger partial charge >= 0.3 is 6.18 Å². The smallest absolute Gasteiger partial charge is 0.453 e. The largest absolute Gasteiger partial charge is 0.507 e. The van der Waals surface area contributed by atoms with Crippen molar-refractivity contribution in [1.29, 1.82) is 0 Å². The van der Waals surface area contributed by atoms with E-state index in [9.17, 15) is 23.1 Å². The summed E-state index contributed by atoms with van der Waals surface area (Å²) in [4.78, 5) is 15.7. The Balaban J connectivity index is 1.81. The number of rotatable bonds is 5. The third-order valence-electron chi connectivity index (χ3n) is 6.15. The normalized spacial score (nSPS) is 19.1. The van der Waals surface area contributed by atoms with Gasteiger partial charge in [0.25, 0.3) is 5.76 Å². The van der Waals surface area contributed by atoms with Crippen molar-refractivity contribution in [2.75, 3.05) is 32.7 Å². The molecule has 1 fully saturated rings. The van der Waals surface area contributed by atoms with Gasteiger partial charge in [0.2, 0.25) is 11.2 Å². The van der Waals surface area contributed by atoms with Crippen molar-refractivity contribution in [3.8, 4) is 17.2 Å². The minimum absolute atomic E-state index is 0.0596. The summed E-state index contributed by atoms with van der Waals surface area (Å²) in [7, 11) is 0.